The van der Waals surface area contributed by atoms with Crippen molar-refractivity contribution in [2.24, 2.45) is 5.92 Å². The molecule has 0 radical (unpaired) electrons. The number of rotatable bonds is 5. The first-order valence-corrected chi connectivity index (χ1v) is 6.04. The Morgan fingerprint density at radius 3 is 2.61 bits per heavy atom. The summed E-state index contributed by atoms with van der Waals surface area (Å²) >= 11 is 0. The number of urea groups is 1. The third-order valence-corrected chi connectivity index (χ3v) is 3.08. The third kappa shape index (κ3) is 4.50. The molecule has 7 heteroatoms. The number of carboxylic acids is 1. The lowest BCUT2D eigenvalue weighted by Crippen LogP contribution is -2.51. The summed E-state index contributed by atoms with van der Waals surface area (Å²) in [5.74, 6) is -0.851. The molecule has 1 unspecified atom stereocenters. The van der Waals surface area contributed by atoms with Crippen LogP contribution in [-0.4, -0.2) is 65.9 Å². The molecular formula is C11H21N3O4. The number of carboxylic acid groups (broad SMARTS) is 1. The van der Waals surface area contributed by atoms with Crippen LogP contribution in [0, 0.1) is 5.92 Å². The fraction of sp³-hybridized carbons (Fsp3) is 0.818. The first-order valence-electron chi connectivity index (χ1n) is 6.04. The number of hydrogen-bond donors (Lipinski definition) is 4. The average Bonchev–Trinajstić information content (AvgIpc) is 2.68. The first kappa shape index (κ1) is 14.7. The normalized spacial score (nSPS) is 23.4. The molecule has 0 aromatic heterocycles. The van der Waals surface area contributed by atoms with Gasteiger partial charge in [0.1, 0.15) is 0 Å². The number of aliphatic carboxylic acids is 1. The molecule has 1 saturated heterocycles. The third-order valence-electron chi connectivity index (χ3n) is 3.08. The molecule has 0 saturated carbocycles. The van der Waals surface area contributed by atoms with Crippen LogP contribution in [0.1, 0.15) is 13.3 Å². The first-order chi connectivity index (χ1) is 8.40. The van der Waals surface area contributed by atoms with Gasteiger partial charge >= 0.3 is 12.0 Å². The summed E-state index contributed by atoms with van der Waals surface area (Å²) in [4.78, 5) is 24.4. The SMILES string of the molecule is C[C@@H](O)[C@H](NC(=O)NCC1CCN(C)C1)C(=O)O. The highest BCUT2D eigenvalue weighted by atomic mass is 16.4. The van der Waals surface area contributed by atoms with Gasteiger partial charge in [0.15, 0.2) is 6.04 Å². The summed E-state index contributed by atoms with van der Waals surface area (Å²) in [6.45, 7) is 3.78. The fourth-order valence-corrected chi connectivity index (χ4v) is 2.01. The van der Waals surface area contributed by atoms with Crippen molar-refractivity contribution in [3.63, 3.8) is 0 Å². The summed E-state index contributed by atoms with van der Waals surface area (Å²) in [5.41, 5.74) is 0. The van der Waals surface area contributed by atoms with Crippen LogP contribution < -0.4 is 10.6 Å². The van der Waals surface area contributed by atoms with E-state index in [0.717, 1.165) is 19.5 Å². The maximum atomic E-state index is 11.5. The van der Waals surface area contributed by atoms with Crippen molar-refractivity contribution >= 4 is 12.0 Å². The Morgan fingerprint density at radius 2 is 2.17 bits per heavy atom. The number of aliphatic hydroxyl groups excluding tert-OH is 1. The second-order valence-corrected chi connectivity index (χ2v) is 4.83. The van der Waals surface area contributed by atoms with E-state index in [1.165, 1.54) is 6.92 Å². The van der Waals surface area contributed by atoms with E-state index in [-0.39, 0.29) is 0 Å². The lowest BCUT2D eigenvalue weighted by atomic mass is 10.1. The van der Waals surface area contributed by atoms with Gasteiger partial charge in [-0.2, -0.15) is 0 Å². The molecule has 18 heavy (non-hydrogen) atoms. The lowest BCUT2D eigenvalue weighted by molar-refractivity contribution is -0.141. The number of nitrogens with zero attached hydrogens (tertiary/aromatic N) is 1. The molecule has 4 N–H and O–H groups in total. The Bertz CT molecular complexity index is 309. The van der Waals surface area contributed by atoms with Crippen LogP contribution in [0.3, 0.4) is 0 Å². The molecule has 2 amide bonds. The molecule has 104 valence electrons. The van der Waals surface area contributed by atoms with Crippen LogP contribution >= 0.6 is 0 Å². The Balaban J connectivity index is 2.30. The number of aliphatic hydroxyl groups is 1. The minimum absolute atomic E-state index is 0.399. The van der Waals surface area contributed by atoms with E-state index in [1.54, 1.807) is 0 Å². The molecule has 0 aromatic rings. The van der Waals surface area contributed by atoms with Crippen LogP contribution in [0.2, 0.25) is 0 Å². The van der Waals surface area contributed by atoms with Crippen LogP contribution in [0.15, 0.2) is 0 Å². The van der Waals surface area contributed by atoms with E-state index in [4.69, 9.17) is 5.11 Å². The van der Waals surface area contributed by atoms with Crippen LogP contribution in [-0.2, 0) is 4.79 Å². The van der Waals surface area contributed by atoms with Crippen molar-refractivity contribution in [3.8, 4) is 0 Å². The van der Waals surface area contributed by atoms with Gasteiger partial charge in [-0.15, -0.1) is 0 Å². The van der Waals surface area contributed by atoms with E-state index in [2.05, 4.69) is 15.5 Å². The van der Waals surface area contributed by atoms with Gasteiger partial charge in [0.25, 0.3) is 0 Å². The van der Waals surface area contributed by atoms with Crippen LogP contribution in [0.25, 0.3) is 0 Å². The molecule has 1 aliphatic rings. The van der Waals surface area contributed by atoms with Crippen molar-refractivity contribution < 1.29 is 19.8 Å². The Morgan fingerprint density at radius 1 is 1.50 bits per heavy atom. The van der Waals surface area contributed by atoms with Gasteiger partial charge in [0.05, 0.1) is 6.10 Å². The van der Waals surface area contributed by atoms with E-state index in [1.807, 2.05) is 7.05 Å². The van der Waals surface area contributed by atoms with Gasteiger partial charge < -0.3 is 25.7 Å². The zero-order chi connectivity index (χ0) is 13.7. The maximum Gasteiger partial charge on any atom is 0.328 e. The van der Waals surface area contributed by atoms with E-state index in [9.17, 15) is 14.7 Å². The molecule has 1 fully saturated rings. The molecule has 1 aliphatic heterocycles. The van der Waals surface area contributed by atoms with Gasteiger partial charge in [-0.05, 0) is 32.9 Å². The van der Waals surface area contributed by atoms with Crippen molar-refractivity contribution in [1.29, 1.82) is 0 Å². The minimum Gasteiger partial charge on any atom is -0.480 e. The molecule has 1 rings (SSSR count). The Kier molecular flexibility index (Phi) is 5.36. The Labute approximate surface area is 106 Å². The van der Waals surface area contributed by atoms with Gasteiger partial charge in [-0.3, -0.25) is 0 Å². The second kappa shape index (κ2) is 6.55. The van der Waals surface area contributed by atoms with Crippen LogP contribution in [0.5, 0.6) is 0 Å². The van der Waals surface area contributed by atoms with Crippen molar-refractivity contribution in [2.45, 2.75) is 25.5 Å². The number of carbonyl (C=O) groups is 2. The maximum absolute atomic E-state index is 11.5. The van der Waals surface area contributed by atoms with Gasteiger partial charge in [0.2, 0.25) is 0 Å². The summed E-state index contributed by atoms with van der Waals surface area (Å²) in [7, 11) is 2.02. The highest BCUT2D eigenvalue weighted by molar-refractivity contribution is 5.82. The number of amides is 2. The minimum atomic E-state index is -1.28. The average molecular weight is 259 g/mol. The molecule has 3 atom stereocenters. The van der Waals surface area contributed by atoms with E-state index < -0.39 is 24.1 Å². The summed E-state index contributed by atoms with van der Waals surface area (Å²) in [6, 6.07) is -1.84. The lowest BCUT2D eigenvalue weighted by Gasteiger charge is -2.18. The molecule has 0 aliphatic carbocycles. The molecule has 1 heterocycles. The van der Waals surface area contributed by atoms with Gasteiger partial charge in [-0.1, -0.05) is 0 Å². The Hall–Kier alpha value is -1.34. The zero-order valence-corrected chi connectivity index (χ0v) is 10.7. The predicted molar refractivity (Wildman–Crippen MR) is 65.2 cm³/mol. The number of hydrogen-bond acceptors (Lipinski definition) is 4. The summed E-state index contributed by atoms with van der Waals surface area (Å²) in [6.07, 6.45) is -0.110. The fourth-order valence-electron chi connectivity index (χ4n) is 2.01. The zero-order valence-electron chi connectivity index (χ0n) is 10.7. The number of nitrogens with one attached hydrogen (secondary N) is 2. The molecule has 0 spiro atoms. The molecule has 0 aromatic carbocycles. The van der Waals surface area contributed by atoms with Gasteiger partial charge in [0, 0.05) is 13.1 Å². The molecular weight excluding hydrogens is 238 g/mol. The van der Waals surface area contributed by atoms with Crippen molar-refractivity contribution in [1.82, 2.24) is 15.5 Å². The summed E-state index contributed by atoms with van der Waals surface area (Å²) in [5, 5.41) is 22.9. The predicted octanol–water partition coefficient (Wildman–Crippen LogP) is -0.929. The molecule has 7 nitrogen and oxygen atoms in total. The van der Waals surface area contributed by atoms with E-state index >= 15 is 0 Å². The smallest absolute Gasteiger partial charge is 0.328 e. The van der Waals surface area contributed by atoms with E-state index in [0.29, 0.717) is 12.5 Å². The standard InChI is InChI=1S/C11H21N3O4/c1-7(15)9(10(16)17)13-11(18)12-5-8-3-4-14(2)6-8/h7-9,15H,3-6H2,1-2H3,(H,16,17)(H2,12,13,18)/t7-,8?,9+/m1/s1. The highest BCUT2D eigenvalue weighted by Gasteiger charge is 2.25. The summed E-state index contributed by atoms with van der Waals surface area (Å²) < 4.78 is 0. The van der Waals surface area contributed by atoms with Crippen molar-refractivity contribution in [2.75, 3.05) is 26.7 Å². The highest BCUT2D eigenvalue weighted by Crippen LogP contribution is 2.12. The topological polar surface area (TPSA) is 102 Å². The number of likely N-dealkylation sites (tertiary alicyclic amines) is 1. The quantitative estimate of drug-likeness (QED) is 0.511. The monoisotopic (exact) mass is 259 g/mol. The second-order valence-electron chi connectivity index (χ2n) is 4.83. The number of carbonyl (C=O) groups excluding carboxylic acids is 1. The largest absolute Gasteiger partial charge is 0.480 e. The van der Waals surface area contributed by atoms with Gasteiger partial charge in [-0.25, -0.2) is 9.59 Å². The van der Waals surface area contributed by atoms with Crippen molar-refractivity contribution in [3.05, 3.63) is 0 Å². The van der Waals surface area contributed by atoms with Crippen LogP contribution in [0.4, 0.5) is 4.79 Å². The molecule has 0 bridgehead atoms.